The maximum Gasteiger partial charge on any atom is 0.419 e. The number of furan rings is 1. The molecule has 0 unspecified atom stereocenters. The fourth-order valence-electron chi connectivity index (χ4n) is 1.97. The number of carboxylic acid groups (broad SMARTS) is 1. The average Bonchev–Trinajstić information content (AvgIpc) is 2.97. The SMILES string of the molecule is CC(=O)NCc1nc(NC(=O)O)c(C(F)(F)F)cc1-c1ccoc1. The Kier molecular flexibility index (Phi) is 4.77. The number of anilines is 1. The van der Waals surface area contributed by atoms with Crippen LogP contribution in [0.5, 0.6) is 0 Å². The fraction of sp³-hybridized carbons (Fsp3) is 0.214. The molecule has 0 aliphatic carbocycles. The molecule has 0 saturated heterocycles. The second-order valence-corrected chi connectivity index (χ2v) is 4.73. The van der Waals surface area contributed by atoms with Gasteiger partial charge in [0, 0.05) is 18.1 Å². The average molecular weight is 343 g/mol. The molecular formula is C14H12F3N3O4. The van der Waals surface area contributed by atoms with Crippen molar-refractivity contribution in [2.45, 2.75) is 19.6 Å². The number of nitrogens with one attached hydrogen (secondary N) is 2. The Balaban J connectivity index is 2.62. The number of carbonyl (C=O) groups excluding carboxylic acids is 1. The zero-order chi connectivity index (χ0) is 17.9. The first-order chi connectivity index (χ1) is 11.2. The molecule has 2 amide bonds. The molecule has 128 valence electrons. The van der Waals surface area contributed by atoms with E-state index in [0.29, 0.717) is 5.56 Å². The Morgan fingerprint density at radius 3 is 2.58 bits per heavy atom. The van der Waals surface area contributed by atoms with Crippen molar-refractivity contribution in [1.29, 1.82) is 0 Å². The Hall–Kier alpha value is -3.04. The van der Waals surface area contributed by atoms with Crippen molar-refractivity contribution in [3.05, 3.63) is 35.9 Å². The summed E-state index contributed by atoms with van der Waals surface area (Å²) in [7, 11) is 0. The molecule has 0 atom stereocenters. The lowest BCUT2D eigenvalue weighted by Crippen LogP contribution is -2.22. The number of aromatic nitrogens is 1. The van der Waals surface area contributed by atoms with Crippen molar-refractivity contribution in [2.24, 2.45) is 0 Å². The van der Waals surface area contributed by atoms with Gasteiger partial charge in [-0.2, -0.15) is 13.2 Å². The predicted molar refractivity (Wildman–Crippen MR) is 76.1 cm³/mol. The molecular weight excluding hydrogens is 331 g/mol. The minimum Gasteiger partial charge on any atom is -0.472 e. The van der Waals surface area contributed by atoms with Crippen LogP contribution in [0.2, 0.25) is 0 Å². The van der Waals surface area contributed by atoms with E-state index in [0.717, 1.165) is 6.07 Å². The van der Waals surface area contributed by atoms with E-state index >= 15 is 0 Å². The maximum absolute atomic E-state index is 13.2. The van der Waals surface area contributed by atoms with Crippen LogP contribution in [-0.4, -0.2) is 22.1 Å². The first-order valence-electron chi connectivity index (χ1n) is 6.56. The lowest BCUT2D eigenvalue weighted by Gasteiger charge is -2.16. The summed E-state index contributed by atoms with van der Waals surface area (Å²) in [6, 6.07) is 2.19. The van der Waals surface area contributed by atoms with Gasteiger partial charge in [0.2, 0.25) is 5.91 Å². The number of amides is 2. The fourth-order valence-corrected chi connectivity index (χ4v) is 1.97. The van der Waals surface area contributed by atoms with Gasteiger partial charge >= 0.3 is 12.3 Å². The smallest absolute Gasteiger partial charge is 0.419 e. The molecule has 0 fully saturated rings. The van der Waals surface area contributed by atoms with Crippen LogP contribution in [0.1, 0.15) is 18.2 Å². The van der Waals surface area contributed by atoms with Crippen molar-refractivity contribution in [1.82, 2.24) is 10.3 Å². The third kappa shape index (κ3) is 4.03. The van der Waals surface area contributed by atoms with Crippen LogP contribution in [-0.2, 0) is 17.5 Å². The Morgan fingerprint density at radius 1 is 1.38 bits per heavy atom. The summed E-state index contributed by atoms with van der Waals surface area (Å²) >= 11 is 0. The number of nitrogens with zero attached hydrogens (tertiary/aromatic N) is 1. The van der Waals surface area contributed by atoms with Crippen LogP contribution in [0.4, 0.5) is 23.8 Å². The standard InChI is InChI=1S/C14H12F3N3O4/c1-7(21)18-5-11-9(8-2-3-24-6-8)4-10(14(15,16)17)12(19-11)20-13(22)23/h2-4,6H,5H2,1H3,(H,18,21)(H,19,20)(H,22,23). The quantitative estimate of drug-likeness (QED) is 0.791. The Labute approximate surface area is 133 Å². The van der Waals surface area contributed by atoms with Crippen LogP contribution in [0.15, 0.2) is 29.1 Å². The molecule has 0 aliphatic rings. The number of halogens is 3. The minimum absolute atomic E-state index is 0.0587. The van der Waals surface area contributed by atoms with Gasteiger partial charge in [-0.15, -0.1) is 0 Å². The van der Waals surface area contributed by atoms with E-state index in [1.807, 2.05) is 0 Å². The van der Waals surface area contributed by atoms with E-state index < -0.39 is 29.6 Å². The van der Waals surface area contributed by atoms with E-state index in [2.05, 4.69) is 10.3 Å². The van der Waals surface area contributed by atoms with Crippen molar-refractivity contribution in [3.63, 3.8) is 0 Å². The highest BCUT2D eigenvalue weighted by Gasteiger charge is 2.36. The highest BCUT2D eigenvalue weighted by Crippen LogP contribution is 2.38. The second kappa shape index (κ2) is 6.60. The first-order valence-corrected chi connectivity index (χ1v) is 6.56. The maximum atomic E-state index is 13.2. The largest absolute Gasteiger partial charge is 0.472 e. The topological polar surface area (TPSA) is 104 Å². The molecule has 10 heteroatoms. The third-order valence-electron chi connectivity index (χ3n) is 2.97. The van der Waals surface area contributed by atoms with Gasteiger partial charge in [0.15, 0.2) is 0 Å². The lowest BCUT2D eigenvalue weighted by atomic mass is 10.0. The van der Waals surface area contributed by atoms with Crippen LogP contribution in [0, 0.1) is 0 Å². The molecule has 0 saturated carbocycles. The number of rotatable bonds is 4. The van der Waals surface area contributed by atoms with Crippen molar-refractivity contribution >= 4 is 17.8 Å². The third-order valence-corrected chi connectivity index (χ3v) is 2.97. The number of alkyl halides is 3. The first kappa shape index (κ1) is 17.3. The summed E-state index contributed by atoms with van der Waals surface area (Å²) in [6.45, 7) is 1.06. The van der Waals surface area contributed by atoms with Crippen molar-refractivity contribution in [2.75, 3.05) is 5.32 Å². The number of pyridine rings is 1. The zero-order valence-electron chi connectivity index (χ0n) is 12.3. The van der Waals surface area contributed by atoms with Crippen LogP contribution < -0.4 is 10.6 Å². The predicted octanol–water partition coefficient (Wildman–Crippen LogP) is 3.09. The summed E-state index contributed by atoms with van der Waals surface area (Å²) < 4.78 is 44.5. The molecule has 0 spiro atoms. The van der Waals surface area contributed by atoms with Gasteiger partial charge in [-0.05, 0) is 12.1 Å². The molecule has 3 N–H and O–H groups in total. The molecule has 0 aromatic carbocycles. The van der Waals surface area contributed by atoms with Crippen LogP contribution >= 0.6 is 0 Å². The summed E-state index contributed by atoms with van der Waals surface area (Å²) in [5, 5.41) is 12.8. The lowest BCUT2D eigenvalue weighted by molar-refractivity contribution is -0.137. The van der Waals surface area contributed by atoms with Gasteiger partial charge in [0.05, 0.1) is 30.3 Å². The monoisotopic (exact) mass is 343 g/mol. The number of hydrogen-bond donors (Lipinski definition) is 3. The normalized spacial score (nSPS) is 11.2. The van der Waals surface area contributed by atoms with Crippen molar-refractivity contribution < 1.29 is 32.3 Å². The summed E-state index contributed by atoms with van der Waals surface area (Å²) in [5.74, 6) is -1.27. The highest BCUT2D eigenvalue weighted by atomic mass is 19.4. The van der Waals surface area contributed by atoms with Gasteiger partial charge in [0.25, 0.3) is 0 Å². The van der Waals surface area contributed by atoms with Gasteiger partial charge < -0.3 is 14.8 Å². The van der Waals surface area contributed by atoms with Crippen LogP contribution in [0.3, 0.4) is 0 Å². The highest BCUT2D eigenvalue weighted by molar-refractivity contribution is 5.84. The van der Waals surface area contributed by atoms with Gasteiger partial charge in [-0.1, -0.05) is 0 Å². The van der Waals surface area contributed by atoms with E-state index in [9.17, 15) is 22.8 Å². The van der Waals surface area contributed by atoms with Crippen LogP contribution in [0.25, 0.3) is 11.1 Å². The van der Waals surface area contributed by atoms with Gasteiger partial charge in [-0.25, -0.2) is 9.78 Å². The molecule has 2 aromatic rings. The molecule has 2 aromatic heterocycles. The molecule has 7 nitrogen and oxygen atoms in total. The van der Waals surface area contributed by atoms with Gasteiger partial charge in [-0.3, -0.25) is 10.1 Å². The molecule has 2 heterocycles. The number of hydrogen-bond acceptors (Lipinski definition) is 4. The van der Waals surface area contributed by atoms with E-state index in [1.54, 1.807) is 5.32 Å². The molecule has 2 rings (SSSR count). The van der Waals surface area contributed by atoms with Gasteiger partial charge in [0.1, 0.15) is 5.82 Å². The molecule has 24 heavy (non-hydrogen) atoms. The van der Waals surface area contributed by atoms with E-state index in [-0.39, 0.29) is 17.8 Å². The summed E-state index contributed by atoms with van der Waals surface area (Å²) in [6.07, 6.45) is -4.02. The molecule has 0 bridgehead atoms. The Morgan fingerprint density at radius 2 is 2.08 bits per heavy atom. The summed E-state index contributed by atoms with van der Waals surface area (Å²) in [5.41, 5.74) is -0.799. The molecule has 0 aliphatic heterocycles. The minimum atomic E-state index is -4.82. The zero-order valence-corrected chi connectivity index (χ0v) is 12.3. The number of carbonyl (C=O) groups is 2. The van der Waals surface area contributed by atoms with E-state index in [4.69, 9.17) is 9.52 Å². The van der Waals surface area contributed by atoms with E-state index in [1.165, 1.54) is 25.5 Å². The molecule has 0 radical (unpaired) electrons. The Bertz CT molecular complexity index is 757. The second-order valence-electron chi connectivity index (χ2n) is 4.73. The van der Waals surface area contributed by atoms with Crippen molar-refractivity contribution in [3.8, 4) is 11.1 Å². The summed E-state index contributed by atoms with van der Waals surface area (Å²) in [4.78, 5) is 25.5.